The quantitative estimate of drug-likeness (QED) is 0.175. The molecule has 0 fully saturated rings. The first-order valence-electron chi connectivity index (χ1n) is 20.5. The van der Waals surface area contributed by atoms with Crippen LogP contribution in [0.3, 0.4) is 0 Å². The summed E-state index contributed by atoms with van der Waals surface area (Å²) in [5, 5.41) is 16.3. The Bertz CT molecular complexity index is 3370. The lowest BCUT2D eigenvalue weighted by atomic mass is 9.87. The van der Waals surface area contributed by atoms with Gasteiger partial charge in [0.2, 0.25) is 11.8 Å². The highest BCUT2D eigenvalue weighted by atomic mass is 16.4. The fourth-order valence-corrected chi connectivity index (χ4v) is 9.30. The average Bonchev–Trinajstić information content (AvgIpc) is 4.06. The molecular weight excluding hydrogens is 735 g/mol. The van der Waals surface area contributed by atoms with Gasteiger partial charge in [-0.05, 0) is 102 Å². The Hall–Kier alpha value is -7.70. The highest BCUT2D eigenvalue weighted by Crippen LogP contribution is 2.40. The van der Waals surface area contributed by atoms with E-state index in [0.29, 0.717) is 11.8 Å². The van der Waals surface area contributed by atoms with E-state index in [2.05, 4.69) is 221 Å². The molecule has 0 bridgehead atoms. The number of hydrogen-bond acceptors (Lipinski definition) is 3. The van der Waals surface area contributed by atoms with E-state index in [9.17, 15) is 0 Å². The molecule has 0 saturated carbocycles. The Balaban J connectivity index is 1.06. The average molecular weight is 774 g/mol. The molecule has 12 rings (SSSR count). The van der Waals surface area contributed by atoms with Gasteiger partial charge in [-0.1, -0.05) is 112 Å². The molecule has 286 valence electrons. The predicted octanol–water partition coefficient (Wildman–Crippen LogP) is 14.0. The van der Waals surface area contributed by atoms with Crippen molar-refractivity contribution < 1.29 is 4.42 Å². The largest absolute Gasteiger partial charge is 0.416 e. The molecule has 8 aromatic carbocycles. The number of para-hydroxylation sites is 4. The van der Waals surface area contributed by atoms with Crippen molar-refractivity contribution in [1.82, 2.24) is 23.9 Å². The van der Waals surface area contributed by atoms with Gasteiger partial charge < -0.3 is 18.1 Å². The van der Waals surface area contributed by atoms with Gasteiger partial charge >= 0.3 is 0 Å². The molecule has 0 radical (unpaired) electrons. The molecule has 0 spiro atoms. The Labute approximate surface area is 346 Å². The summed E-state index contributed by atoms with van der Waals surface area (Å²) in [4.78, 5) is 0. The molecule has 0 unspecified atom stereocenters. The second kappa shape index (κ2) is 12.9. The van der Waals surface area contributed by atoms with Crippen LogP contribution in [0.1, 0.15) is 26.3 Å². The van der Waals surface area contributed by atoms with Crippen molar-refractivity contribution in [1.29, 1.82) is 0 Å². The molecule has 12 aromatic rings. The third kappa shape index (κ3) is 5.20. The van der Waals surface area contributed by atoms with Crippen LogP contribution in [0.25, 0.3) is 105 Å². The monoisotopic (exact) mass is 773 g/mol. The Morgan fingerprint density at radius 2 is 0.750 bits per heavy atom. The van der Waals surface area contributed by atoms with Gasteiger partial charge in [0.05, 0.1) is 33.1 Å². The Kier molecular flexibility index (Phi) is 7.39. The van der Waals surface area contributed by atoms with Crippen LogP contribution in [0, 0.1) is 0 Å². The molecule has 0 aliphatic heterocycles. The van der Waals surface area contributed by atoms with Crippen LogP contribution in [0.15, 0.2) is 186 Å². The van der Waals surface area contributed by atoms with E-state index < -0.39 is 0 Å². The van der Waals surface area contributed by atoms with Gasteiger partial charge in [0.25, 0.3) is 0 Å². The van der Waals surface area contributed by atoms with E-state index in [0.717, 1.165) is 50.0 Å². The smallest absolute Gasteiger partial charge is 0.248 e. The van der Waals surface area contributed by atoms with E-state index in [4.69, 9.17) is 4.42 Å². The third-order valence-electron chi connectivity index (χ3n) is 12.2. The first kappa shape index (κ1) is 34.4. The van der Waals surface area contributed by atoms with Crippen LogP contribution in [0.4, 0.5) is 0 Å². The lowest BCUT2D eigenvalue weighted by Gasteiger charge is -2.18. The molecule has 60 heavy (non-hydrogen) atoms. The minimum absolute atomic E-state index is 0.0605. The van der Waals surface area contributed by atoms with E-state index in [1.807, 2.05) is 6.07 Å². The van der Waals surface area contributed by atoms with Crippen LogP contribution in [-0.2, 0) is 5.41 Å². The molecule has 0 aliphatic rings. The standard InChI is InChI=1S/C54H39N5O/c1-54(2,3)36-25-23-34(24-26-36)52-55-56-53(60-52)35-13-12-14-37(31-35)57-50-29-27-38(58-46-19-8-4-15-40(46)41-16-5-9-20-47(41)58)32-44(50)45-33-39(28-30-51(45)57)59-48-21-10-6-17-42(48)43-18-7-11-22-49(43)59/h4-33H,1-3H3. The van der Waals surface area contributed by atoms with Crippen molar-refractivity contribution in [3.63, 3.8) is 0 Å². The van der Waals surface area contributed by atoms with E-state index in [1.165, 1.54) is 49.2 Å². The maximum Gasteiger partial charge on any atom is 0.248 e. The maximum atomic E-state index is 6.35. The number of fused-ring (bicyclic) bond motifs is 9. The van der Waals surface area contributed by atoms with E-state index >= 15 is 0 Å². The van der Waals surface area contributed by atoms with Gasteiger partial charge in [-0.15, -0.1) is 10.2 Å². The summed E-state index contributed by atoms with van der Waals surface area (Å²) in [6.45, 7) is 6.64. The second-order valence-corrected chi connectivity index (χ2v) is 16.8. The number of hydrogen-bond donors (Lipinski definition) is 0. The summed E-state index contributed by atoms with van der Waals surface area (Å²) in [5.41, 5.74) is 13.3. The van der Waals surface area contributed by atoms with Crippen molar-refractivity contribution in [3.05, 3.63) is 188 Å². The van der Waals surface area contributed by atoms with Gasteiger partial charge in [0, 0.05) is 60.5 Å². The Morgan fingerprint density at radius 1 is 0.350 bits per heavy atom. The van der Waals surface area contributed by atoms with Crippen LogP contribution >= 0.6 is 0 Å². The van der Waals surface area contributed by atoms with Gasteiger partial charge in [-0.2, -0.15) is 0 Å². The molecule has 4 aromatic heterocycles. The fraction of sp³-hybridized carbons (Fsp3) is 0.0741. The number of nitrogens with zero attached hydrogens (tertiary/aromatic N) is 5. The maximum absolute atomic E-state index is 6.35. The summed E-state index contributed by atoms with van der Waals surface area (Å²) in [5.74, 6) is 0.984. The number of rotatable bonds is 5. The van der Waals surface area contributed by atoms with Crippen molar-refractivity contribution in [3.8, 4) is 40.0 Å². The molecule has 0 amide bonds. The minimum Gasteiger partial charge on any atom is -0.416 e. The zero-order valence-electron chi connectivity index (χ0n) is 33.5. The third-order valence-corrected chi connectivity index (χ3v) is 12.2. The highest BCUT2D eigenvalue weighted by Gasteiger charge is 2.20. The summed E-state index contributed by atoms with van der Waals surface area (Å²) < 4.78 is 13.5. The summed E-state index contributed by atoms with van der Waals surface area (Å²) >= 11 is 0. The topological polar surface area (TPSA) is 53.7 Å². The molecule has 4 heterocycles. The molecule has 0 saturated heterocycles. The normalized spacial score (nSPS) is 12.2. The van der Waals surface area contributed by atoms with E-state index in [-0.39, 0.29) is 5.41 Å². The molecular formula is C54H39N5O. The SMILES string of the molecule is CC(C)(C)c1ccc(-c2nnc(-c3cccc(-n4c5ccc(-n6c7ccccc7c7ccccc76)cc5c5cc(-n6c7ccccc7c7ccccc76)ccc54)c3)o2)cc1. The number of aromatic nitrogens is 5. The highest BCUT2D eigenvalue weighted by molar-refractivity contribution is 6.14. The first-order valence-corrected chi connectivity index (χ1v) is 20.5. The summed E-state index contributed by atoms with van der Waals surface area (Å²) in [6.07, 6.45) is 0. The lowest BCUT2D eigenvalue weighted by molar-refractivity contribution is 0.582. The van der Waals surface area contributed by atoms with Crippen LogP contribution in [0.5, 0.6) is 0 Å². The molecule has 0 atom stereocenters. The van der Waals surface area contributed by atoms with Gasteiger partial charge in [-0.3, -0.25) is 0 Å². The van der Waals surface area contributed by atoms with Crippen molar-refractivity contribution in [2.45, 2.75) is 26.2 Å². The zero-order chi connectivity index (χ0) is 40.1. The molecule has 6 nitrogen and oxygen atoms in total. The zero-order valence-corrected chi connectivity index (χ0v) is 33.5. The number of benzene rings is 8. The molecule has 0 N–H and O–H groups in total. The van der Waals surface area contributed by atoms with Crippen LogP contribution in [0.2, 0.25) is 0 Å². The Morgan fingerprint density at radius 3 is 1.20 bits per heavy atom. The molecule has 0 aliphatic carbocycles. The van der Waals surface area contributed by atoms with Gasteiger partial charge in [-0.25, -0.2) is 0 Å². The van der Waals surface area contributed by atoms with Gasteiger partial charge in [0.1, 0.15) is 0 Å². The fourth-order valence-electron chi connectivity index (χ4n) is 9.30. The second-order valence-electron chi connectivity index (χ2n) is 16.8. The first-order chi connectivity index (χ1) is 29.4. The van der Waals surface area contributed by atoms with Crippen molar-refractivity contribution >= 4 is 65.4 Å². The van der Waals surface area contributed by atoms with Crippen LogP contribution < -0.4 is 0 Å². The van der Waals surface area contributed by atoms with Gasteiger partial charge in [0.15, 0.2) is 0 Å². The van der Waals surface area contributed by atoms with Crippen molar-refractivity contribution in [2.24, 2.45) is 0 Å². The predicted molar refractivity (Wildman–Crippen MR) is 247 cm³/mol. The molecule has 6 heteroatoms. The summed E-state index contributed by atoms with van der Waals surface area (Å²) in [6, 6.07) is 65.4. The lowest BCUT2D eigenvalue weighted by Crippen LogP contribution is -2.10. The van der Waals surface area contributed by atoms with E-state index in [1.54, 1.807) is 0 Å². The minimum atomic E-state index is 0.0605. The summed E-state index contributed by atoms with van der Waals surface area (Å²) in [7, 11) is 0. The van der Waals surface area contributed by atoms with Crippen LogP contribution in [-0.4, -0.2) is 23.9 Å². The van der Waals surface area contributed by atoms with Crippen molar-refractivity contribution in [2.75, 3.05) is 0 Å².